The molecule has 0 radical (unpaired) electrons. The molecule has 0 atom stereocenters. The van der Waals surface area contributed by atoms with E-state index in [1.165, 1.54) is 12.1 Å². The summed E-state index contributed by atoms with van der Waals surface area (Å²) in [5.41, 5.74) is 1.94. The number of aromatic nitrogens is 1. The maximum absolute atomic E-state index is 12.3. The fraction of sp³-hybridized carbons (Fsp3) is 0.375. The highest BCUT2D eigenvalue weighted by Crippen LogP contribution is 2.22. The van der Waals surface area contributed by atoms with E-state index < -0.39 is 10.0 Å². The highest BCUT2D eigenvalue weighted by Gasteiger charge is 2.22. The van der Waals surface area contributed by atoms with E-state index in [0.717, 1.165) is 5.56 Å². The van der Waals surface area contributed by atoms with Crippen molar-refractivity contribution in [1.82, 2.24) is 10.5 Å². The van der Waals surface area contributed by atoms with Gasteiger partial charge in [-0.25, -0.2) is 13.6 Å². The molecule has 1 aromatic heterocycles. The van der Waals surface area contributed by atoms with Crippen LogP contribution in [0.15, 0.2) is 33.7 Å². The molecule has 3 N–H and O–H groups in total. The molecule has 0 saturated carbocycles. The van der Waals surface area contributed by atoms with Crippen molar-refractivity contribution in [2.45, 2.75) is 38.0 Å². The molecule has 7 nitrogen and oxygen atoms in total. The molecule has 0 aliphatic rings. The molecule has 0 saturated heterocycles. The molecule has 2 aromatic rings. The van der Waals surface area contributed by atoms with Crippen molar-refractivity contribution < 1.29 is 17.7 Å². The zero-order valence-corrected chi connectivity index (χ0v) is 14.7. The molecule has 0 aliphatic heterocycles. The summed E-state index contributed by atoms with van der Waals surface area (Å²) >= 11 is 0. The molecule has 1 heterocycles. The SMILES string of the molecule is Cc1noc(C(C)C)c1C(=O)NCCc1ccc(S(N)(=O)=O)cc1. The van der Waals surface area contributed by atoms with Gasteiger partial charge in [-0.2, -0.15) is 0 Å². The average Bonchev–Trinajstić information content (AvgIpc) is 2.89. The standard InChI is InChI=1S/C16H21N3O4S/c1-10(2)15-14(11(3)19-23-15)16(20)18-9-8-12-4-6-13(7-5-12)24(17,21)22/h4-7,10H,8-9H2,1-3H3,(H,18,20)(H2,17,21,22). The average molecular weight is 351 g/mol. The normalized spacial score (nSPS) is 11.7. The largest absolute Gasteiger partial charge is 0.360 e. The van der Waals surface area contributed by atoms with Gasteiger partial charge in [0.05, 0.1) is 10.6 Å². The molecule has 1 amide bonds. The molecule has 24 heavy (non-hydrogen) atoms. The topological polar surface area (TPSA) is 115 Å². The van der Waals surface area contributed by atoms with Crippen LogP contribution < -0.4 is 10.5 Å². The van der Waals surface area contributed by atoms with Gasteiger partial charge in [-0.1, -0.05) is 31.1 Å². The Morgan fingerprint density at radius 1 is 1.29 bits per heavy atom. The van der Waals surface area contributed by atoms with Crippen molar-refractivity contribution in [3.8, 4) is 0 Å². The molecule has 8 heteroatoms. The van der Waals surface area contributed by atoms with E-state index in [0.29, 0.717) is 30.0 Å². The highest BCUT2D eigenvalue weighted by molar-refractivity contribution is 7.89. The molecule has 0 fully saturated rings. The smallest absolute Gasteiger partial charge is 0.256 e. The predicted octanol–water partition coefficient (Wildman–Crippen LogP) is 1.73. The van der Waals surface area contributed by atoms with Crippen LogP contribution in [0.25, 0.3) is 0 Å². The molecule has 1 aromatic carbocycles. The number of nitrogens with zero attached hydrogens (tertiary/aromatic N) is 1. The maximum Gasteiger partial charge on any atom is 0.256 e. The van der Waals surface area contributed by atoms with Crippen LogP contribution >= 0.6 is 0 Å². The molecule has 0 bridgehead atoms. The second-order valence-corrected chi connectivity index (χ2v) is 7.42. The first-order valence-electron chi connectivity index (χ1n) is 7.56. The fourth-order valence-corrected chi connectivity index (χ4v) is 2.83. The third kappa shape index (κ3) is 4.21. The first-order chi connectivity index (χ1) is 11.2. The van der Waals surface area contributed by atoms with Crippen LogP contribution in [0.3, 0.4) is 0 Å². The lowest BCUT2D eigenvalue weighted by Gasteiger charge is -2.07. The number of nitrogens with one attached hydrogen (secondary N) is 1. The zero-order valence-electron chi connectivity index (χ0n) is 13.9. The number of sulfonamides is 1. The van der Waals surface area contributed by atoms with E-state index in [1.54, 1.807) is 19.1 Å². The van der Waals surface area contributed by atoms with Crippen LogP contribution in [0, 0.1) is 6.92 Å². The Hall–Kier alpha value is -2.19. The van der Waals surface area contributed by atoms with Crippen molar-refractivity contribution in [2.75, 3.05) is 6.54 Å². The number of carbonyl (C=O) groups is 1. The van der Waals surface area contributed by atoms with Gasteiger partial charge in [0.15, 0.2) is 5.76 Å². The number of benzene rings is 1. The summed E-state index contributed by atoms with van der Waals surface area (Å²) in [6, 6.07) is 6.26. The van der Waals surface area contributed by atoms with Crippen molar-refractivity contribution in [2.24, 2.45) is 5.14 Å². The molecule has 2 rings (SSSR count). The van der Waals surface area contributed by atoms with Gasteiger partial charge >= 0.3 is 0 Å². The van der Waals surface area contributed by atoms with Gasteiger partial charge < -0.3 is 9.84 Å². The zero-order chi connectivity index (χ0) is 17.9. The summed E-state index contributed by atoms with van der Waals surface area (Å²) in [6.45, 7) is 6.01. The number of primary sulfonamides is 1. The number of aryl methyl sites for hydroxylation is 1. The van der Waals surface area contributed by atoms with Gasteiger partial charge in [0.2, 0.25) is 10.0 Å². The van der Waals surface area contributed by atoms with Gasteiger partial charge in [0, 0.05) is 12.5 Å². The Labute approximate surface area is 141 Å². The van der Waals surface area contributed by atoms with Crippen LogP contribution in [0.5, 0.6) is 0 Å². The lowest BCUT2D eigenvalue weighted by atomic mass is 10.0. The molecular weight excluding hydrogens is 330 g/mol. The number of carbonyl (C=O) groups excluding carboxylic acids is 1. The minimum atomic E-state index is -3.69. The summed E-state index contributed by atoms with van der Waals surface area (Å²) in [5, 5.41) is 11.7. The van der Waals surface area contributed by atoms with Gasteiger partial charge in [-0.15, -0.1) is 0 Å². The van der Waals surface area contributed by atoms with Crippen LogP contribution in [0.4, 0.5) is 0 Å². The summed E-state index contributed by atoms with van der Waals surface area (Å²) < 4.78 is 27.6. The first-order valence-corrected chi connectivity index (χ1v) is 9.11. The third-order valence-corrected chi connectivity index (χ3v) is 4.52. The minimum Gasteiger partial charge on any atom is -0.360 e. The monoisotopic (exact) mass is 351 g/mol. The van der Waals surface area contributed by atoms with Crippen LogP contribution in [-0.4, -0.2) is 26.0 Å². The molecular formula is C16H21N3O4S. The minimum absolute atomic E-state index is 0.0666. The van der Waals surface area contributed by atoms with E-state index in [-0.39, 0.29) is 16.7 Å². The maximum atomic E-state index is 12.3. The Balaban J connectivity index is 1.97. The fourth-order valence-electron chi connectivity index (χ4n) is 2.31. The lowest BCUT2D eigenvalue weighted by Crippen LogP contribution is -2.27. The number of amides is 1. The summed E-state index contributed by atoms with van der Waals surface area (Å²) in [7, 11) is -3.69. The molecule has 0 aliphatic carbocycles. The quantitative estimate of drug-likeness (QED) is 0.822. The predicted molar refractivity (Wildman–Crippen MR) is 89.2 cm³/mol. The van der Waals surface area contributed by atoms with E-state index >= 15 is 0 Å². The third-order valence-electron chi connectivity index (χ3n) is 3.59. The Morgan fingerprint density at radius 3 is 2.46 bits per heavy atom. The van der Waals surface area contributed by atoms with E-state index in [4.69, 9.17) is 9.66 Å². The second kappa shape index (κ2) is 7.14. The van der Waals surface area contributed by atoms with E-state index in [2.05, 4.69) is 10.5 Å². The molecule has 0 unspecified atom stereocenters. The van der Waals surface area contributed by atoms with E-state index in [1.807, 2.05) is 13.8 Å². The number of rotatable bonds is 6. The first kappa shape index (κ1) is 18.2. The number of nitrogens with two attached hydrogens (primary N) is 1. The van der Waals surface area contributed by atoms with Crippen LogP contribution in [-0.2, 0) is 16.4 Å². The second-order valence-electron chi connectivity index (χ2n) is 5.86. The highest BCUT2D eigenvalue weighted by atomic mass is 32.2. The molecule has 130 valence electrons. The van der Waals surface area contributed by atoms with Gasteiger partial charge in [-0.3, -0.25) is 4.79 Å². The lowest BCUT2D eigenvalue weighted by molar-refractivity contribution is 0.0951. The van der Waals surface area contributed by atoms with Gasteiger partial charge in [-0.05, 0) is 31.0 Å². The van der Waals surface area contributed by atoms with Crippen LogP contribution in [0.2, 0.25) is 0 Å². The number of hydrogen-bond donors (Lipinski definition) is 2. The van der Waals surface area contributed by atoms with Crippen molar-refractivity contribution in [3.05, 3.63) is 46.8 Å². The van der Waals surface area contributed by atoms with Crippen molar-refractivity contribution >= 4 is 15.9 Å². The summed E-state index contributed by atoms with van der Waals surface area (Å²) in [6.07, 6.45) is 0.567. The molecule has 0 spiro atoms. The van der Waals surface area contributed by atoms with Crippen molar-refractivity contribution in [1.29, 1.82) is 0 Å². The Bertz CT molecular complexity index is 824. The summed E-state index contributed by atoms with van der Waals surface area (Å²) in [5.74, 6) is 0.416. The van der Waals surface area contributed by atoms with Gasteiger partial charge in [0.25, 0.3) is 5.91 Å². The summed E-state index contributed by atoms with van der Waals surface area (Å²) in [4.78, 5) is 12.4. The van der Waals surface area contributed by atoms with Crippen LogP contribution in [0.1, 0.15) is 47.1 Å². The Kier molecular flexibility index (Phi) is 5.40. The van der Waals surface area contributed by atoms with Crippen molar-refractivity contribution in [3.63, 3.8) is 0 Å². The van der Waals surface area contributed by atoms with E-state index in [9.17, 15) is 13.2 Å². The number of hydrogen-bond acceptors (Lipinski definition) is 5. The van der Waals surface area contributed by atoms with Gasteiger partial charge in [0.1, 0.15) is 5.56 Å². The Morgan fingerprint density at radius 2 is 1.92 bits per heavy atom.